The molecule has 0 aromatic carbocycles. The van der Waals surface area contributed by atoms with Crippen molar-refractivity contribution < 1.29 is 14.1 Å². The second-order valence-electron chi connectivity index (χ2n) is 6.60. The van der Waals surface area contributed by atoms with Crippen LogP contribution in [0, 0.1) is 6.92 Å². The van der Waals surface area contributed by atoms with Crippen molar-refractivity contribution in [1.82, 2.24) is 20.4 Å². The molecule has 0 aliphatic carbocycles. The first kappa shape index (κ1) is 19.3. The maximum Gasteiger partial charge on any atom is 0.259 e. The number of rotatable bonds is 9. The van der Waals surface area contributed by atoms with E-state index in [-0.39, 0.29) is 11.8 Å². The van der Waals surface area contributed by atoms with Crippen molar-refractivity contribution >= 4 is 17.0 Å². The number of nitrogens with zero attached hydrogens (tertiary/aromatic N) is 3. The first-order valence-electron chi connectivity index (χ1n) is 8.66. The molecule has 0 aliphatic heterocycles. The van der Waals surface area contributed by atoms with Crippen LogP contribution in [0.15, 0.2) is 10.6 Å². The molecular weight excluding hydrogens is 320 g/mol. The van der Waals surface area contributed by atoms with E-state index in [1.807, 2.05) is 33.9 Å². The topological polar surface area (TPSA) is 80.5 Å². The molecule has 2 heterocycles. The van der Waals surface area contributed by atoms with Gasteiger partial charge in [0.1, 0.15) is 0 Å². The summed E-state index contributed by atoms with van der Waals surface area (Å²) in [5.74, 6) is 0.0935. The highest BCUT2D eigenvalue weighted by Crippen LogP contribution is 2.24. The molecule has 0 atom stereocenters. The molecule has 0 bridgehead atoms. The van der Waals surface area contributed by atoms with Crippen molar-refractivity contribution in [3.8, 4) is 0 Å². The van der Waals surface area contributed by atoms with Gasteiger partial charge < -0.3 is 19.5 Å². The zero-order chi connectivity index (χ0) is 18.4. The van der Waals surface area contributed by atoms with E-state index in [2.05, 4.69) is 20.4 Å². The highest BCUT2D eigenvalue weighted by Gasteiger charge is 2.19. The van der Waals surface area contributed by atoms with Crippen molar-refractivity contribution in [2.45, 2.75) is 33.1 Å². The van der Waals surface area contributed by atoms with Crippen molar-refractivity contribution in [2.75, 3.05) is 40.4 Å². The Kier molecular flexibility index (Phi) is 6.90. The summed E-state index contributed by atoms with van der Waals surface area (Å²) in [6.07, 6.45) is 0.875. The Hall–Kier alpha value is -1.99. The average molecular weight is 348 g/mol. The molecular formula is C18H28N4O3. The number of hydrogen-bond donors (Lipinski definition) is 1. The first-order valence-corrected chi connectivity index (χ1v) is 8.66. The number of fused-ring (bicyclic) bond motifs is 1. The molecule has 0 saturated carbocycles. The lowest BCUT2D eigenvalue weighted by molar-refractivity contribution is 0.0952. The number of methoxy groups -OCH3 is 1. The molecule has 7 heteroatoms. The van der Waals surface area contributed by atoms with E-state index in [0.717, 1.165) is 25.2 Å². The van der Waals surface area contributed by atoms with E-state index in [4.69, 9.17) is 9.26 Å². The molecule has 0 unspecified atom stereocenters. The first-order chi connectivity index (χ1) is 11.9. The molecule has 0 aliphatic rings. The second-order valence-corrected chi connectivity index (χ2v) is 6.60. The summed E-state index contributed by atoms with van der Waals surface area (Å²) in [6, 6.07) is 1.84. The highest BCUT2D eigenvalue weighted by molar-refractivity contribution is 6.06. The molecule has 25 heavy (non-hydrogen) atoms. The van der Waals surface area contributed by atoms with E-state index >= 15 is 0 Å². The molecule has 0 radical (unpaired) electrons. The number of likely N-dealkylation sites (N-methyl/N-ethyl adjacent to an activating group) is 1. The third-order valence-corrected chi connectivity index (χ3v) is 4.15. The quantitative estimate of drug-likeness (QED) is 0.701. The molecule has 1 amide bonds. The summed E-state index contributed by atoms with van der Waals surface area (Å²) < 4.78 is 10.3. The number of aryl methyl sites for hydroxylation is 1. The summed E-state index contributed by atoms with van der Waals surface area (Å²) in [6.45, 7) is 9.00. The number of carbonyl (C=O) groups excluding carboxylic acids is 1. The van der Waals surface area contributed by atoms with Crippen LogP contribution >= 0.6 is 0 Å². The van der Waals surface area contributed by atoms with E-state index in [0.29, 0.717) is 35.5 Å². The average Bonchev–Trinajstić information content (AvgIpc) is 2.97. The van der Waals surface area contributed by atoms with E-state index in [9.17, 15) is 4.79 Å². The van der Waals surface area contributed by atoms with E-state index in [1.165, 1.54) is 0 Å². The summed E-state index contributed by atoms with van der Waals surface area (Å²) in [5.41, 5.74) is 2.52. The van der Waals surface area contributed by atoms with Crippen LogP contribution in [0.1, 0.15) is 47.9 Å². The lowest BCUT2D eigenvalue weighted by atomic mass is 10.0. The predicted molar refractivity (Wildman–Crippen MR) is 97.0 cm³/mol. The standard InChI is InChI=1S/C18H28N4O3/c1-12(2)15-11-14(16-13(3)21-25-18(16)20-15)17(23)19-7-6-8-22(4)9-10-24-5/h11-12H,6-10H2,1-5H3,(H,19,23). The molecule has 0 spiro atoms. The minimum Gasteiger partial charge on any atom is -0.383 e. The van der Waals surface area contributed by atoms with Crippen LogP contribution < -0.4 is 5.32 Å². The van der Waals surface area contributed by atoms with Gasteiger partial charge in [-0.25, -0.2) is 4.98 Å². The lowest BCUT2D eigenvalue weighted by Crippen LogP contribution is -2.29. The second kappa shape index (κ2) is 8.92. The van der Waals surface area contributed by atoms with Crippen LogP contribution in [0.5, 0.6) is 0 Å². The number of hydrogen-bond acceptors (Lipinski definition) is 6. The van der Waals surface area contributed by atoms with Crippen LogP contribution in [0.4, 0.5) is 0 Å². The van der Waals surface area contributed by atoms with Crippen LogP contribution in [0.3, 0.4) is 0 Å². The third-order valence-electron chi connectivity index (χ3n) is 4.15. The molecule has 1 N–H and O–H groups in total. The minimum absolute atomic E-state index is 0.111. The van der Waals surface area contributed by atoms with Gasteiger partial charge in [0, 0.05) is 25.9 Å². The Labute approximate surface area is 148 Å². The number of amides is 1. The van der Waals surface area contributed by atoms with Crippen molar-refractivity contribution in [2.24, 2.45) is 0 Å². The predicted octanol–water partition coefficient (Wildman–Crippen LogP) is 2.35. The molecule has 0 saturated heterocycles. The van der Waals surface area contributed by atoms with Crippen molar-refractivity contribution in [3.05, 3.63) is 23.0 Å². The normalized spacial score (nSPS) is 11.6. The van der Waals surface area contributed by atoms with Gasteiger partial charge in [-0.15, -0.1) is 0 Å². The van der Waals surface area contributed by atoms with Gasteiger partial charge in [0.2, 0.25) is 0 Å². The Morgan fingerprint density at radius 1 is 1.40 bits per heavy atom. The maximum atomic E-state index is 12.7. The van der Waals surface area contributed by atoms with Gasteiger partial charge in [-0.2, -0.15) is 0 Å². The van der Waals surface area contributed by atoms with Crippen molar-refractivity contribution in [3.63, 3.8) is 0 Å². The van der Waals surface area contributed by atoms with Gasteiger partial charge in [-0.05, 0) is 38.9 Å². The Bertz CT molecular complexity index is 712. The molecule has 138 valence electrons. The van der Waals surface area contributed by atoms with Gasteiger partial charge in [-0.3, -0.25) is 4.79 Å². The van der Waals surface area contributed by atoms with Gasteiger partial charge in [0.15, 0.2) is 0 Å². The zero-order valence-electron chi connectivity index (χ0n) is 15.8. The van der Waals surface area contributed by atoms with Gasteiger partial charge >= 0.3 is 0 Å². The lowest BCUT2D eigenvalue weighted by Gasteiger charge is -2.16. The SMILES string of the molecule is COCCN(C)CCCNC(=O)c1cc(C(C)C)nc2onc(C)c12. The number of nitrogens with one attached hydrogen (secondary N) is 1. The van der Waals surface area contributed by atoms with E-state index in [1.54, 1.807) is 7.11 Å². The molecule has 2 aromatic rings. The summed E-state index contributed by atoms with van der Waals surface area (Å²) >= 11 is 0. The number of carbonyl (C=O) groups is 1. The fraction of sp³-hybridized carbons (Fsp3) is 0.611. The maximum absolute atomic E-state index is 12.7. The fourth-order valence-electron chi connectivity index (χ4n) is 2.59. The third kappa shape index (κ3) is 4.99. The Morgan fingerprint density at radius 2 is 2.16 bits per heavy atom. The smallest absolute Gasteiger partial charge is 0.259 e. The zero-order valence-corrected chi connectivity index (χ0v) is 15.8. The summed E-state index contributed by atoms with van der Waals surface area (Å²) in [4.78, 5) is 19.3. The van der Waals surface area contributed by atoms with Gasteiger partial charge in [0.05, 0.1) is 23.3 Å². The number of pyridine rings is 1. The van der Waals surface area contributed by atoms with Gasteiger partial charge in [-0.1, -0.05) is 19.0 Å². The molecule has 2 rings (SSSR count). The molecule has 0 fully saturated rings. The summed E-state index contributed by atoms with van der Waals surface area (Å²) in [7, 11) is 3.74. The van der Waals surface area contributed by atoms with Crippen LogP contribution in [0.2, 0.25) is 0 Å². The molecule has 2 aromatic heterocycles. The monoisotopic (exact) mass is 348 g/mol. The number of ether oxygens (including phenoxy) is 1. The van der Waals surface area contributed by atoms with Crippen LogP contribution in [-0.2, 0) is 4.74 Å². The van der Waals surface area contributed by atoms with Crippen LogP contribution in [-0.4, -0.2) is 61.3 Å². The Balaban J connectivity index is 2.02. The summed E-state index contributed by atoms with van der Waals surface area (Å²) in [5, 5.41) is 7.64. The van der Waals surface area contributed by atoms with Crippen molar-refractivity contribution in [1.29, 1.82) is 0 Å². The highest BCUT2D eigenvalue weighted by atomic mass is 16.5. The largest absolute Gasteiger partial charge is 0.383 e. The minimum atomic E-state index is -0.111. The van der Waals surface area contributed by atoms with E-state index < -0.39 is 0 Å². The molecule has 7 nitrogen and oxygen atoms in total. The Morgan fingerprint density at radius 3 is 2.84 bits per heavy atom. The number of aromatic nitrogens is 2. The van der Waals surface area contributed by atoms with Crippen LogP contribution in [0.25, 0.3) is 11.1 Å². The fourth-order valence-corrected chi connectivity index (χ4v) is 2.59. The van der Waals surface area contributed by atoms with Gasteiger partial charge in [0.25, 0.3) is 11.6 Å².